The Balaban J connectivity index is 1.58. The van der Waals surface area contributed by atoms with Crippen molar-refractivity contribution in [2.24, 2.45) is 0 Å². The number of benzene rings is 1. The van der Waals surface area contributed by atoms with Crippen molar-refractivity contribution in [2.75, 3.05) is 20.3 Å². The van der Waals surface area contributed by atoms with Gasteiger partial charge in [-0.15, -0.1) is 0 Å². The predicted molar refractivity (Wildman–Crippen MR) is 94.3 cm³/mol. The first-order valence-electron chi connectivity index (χ1n) is 8.78. The number of fused-ring (bicyclic) bond motifs is 2. The van der Waals surface area contributed by atoms with Gasteiger partial charge in [0.2, 0.25) is 5.88 Å². The molecule has 4 rings (SSSR count). The molecule has 2 fully saturated rings. The maximum Gasteiger partial charge on any atom is 0.213 e. The molecule has 2 aliphatic rings. The molecule has 0 aliphatic carbocycles. The first-order chi connectivity index (χ1) is 12.2. The summed E-state index contributed by atoms with van der Waals surface area (Å²) in [6.45, 7) is 2.22. The van der Waals surface area contributed by atoms with Crippen LogP contribution in [0.2, 0.25) is 0 Å². The van der Waals surface area contributed by atoms with Crippen LogP contribution >= 0.6 is 0 Å². The summed E-state index contributed by atoms with van der Waals surface area (Å²) in [5.74, 6) is 0.541. The molecular weight excluding hydrogens is 316 g/mol. The highest BCUT2D eigenvalue weighted by molar-refractivity contribution is 5.28. The smallest absolute Gasteiger partial charge is 0.213 e. The number of ether oxygens (including phenoxy) is 2. The number of hydrogen-bond acceptors (Lipinski definition) is 5. The molecule has 3 heterocycles. The SMILES string of the molecule is COc1cc(C2(O)CC3COCC(C2)N3Cc2ccccc2)ccn1. The third-order valence-corrected chi connectivity index (χ3v) is 5.39. The van der Waals surface area contributed by atoms with Gasteiger partial charge in [0, 0.05) is 30.9 Å². The maximum absolute atomic E-state index is 11.4. The van der Waals surface area contributed by atoms with Crippen molar-refractivity contribution >= 4 is 0 Å². The van der Waals surface area contributed by atoms with Gasteiger partial charge in [-0.3, -0.25) is 4.90 Å². The van der Waals surface area contributed by atoms with Crippen molar-refractivity contribution in [1.29, 1.82) is 0 Å². The van der Waals surface area contributed by atoms with E-state index in [0.29, 0.717) is 31.9 Å². The highest BCUT2D eigenvalue weighted by atomic mass is 16.5. The van der Waals surface area contributed by atoms with E-state index in [4.69, 9.17) is 9.47 Å². The molecular formula is C20H24N2O3. The van der Waals surface area contributed by atoms with Crippen LogP contribution in [0.25, 0.3) is 0 Å². The average Bonchev–Trinajstić information content (AvgIpc) is 2.64. The maximum atomic E-state index is 11.4. The molecule has 2 aliphatic heterocycles. The van der Waals surface area contributed by atoms with Gasteiger partial charge in [0.05, 0.1) is 25.9 Å². The van der Waals surface area contributed by atoms with Crippen molar-refractivity contribution in [1.82, 2.24) is 9.88 Å². The Kier molecular flexibility index (Phi) is 4.46. The van der Waals surface area contributed by atoms with E-state index in [2.05, 4.69) is 34.1 Å². The lowest BCUT2D eigenvalue weighted by Gasteiger charge is -2.51. The standard InChI is InChI=1S/C20H24N2O3/c1-24-19-9-16(7-8-21-19)20(23)10-17-13-25-14-18(11-20)22(17)12-15-5-3-2-4-6-15/h2-9,17-18,23H,10-14H2,1H3. The Labute approximate surface area is 148 Å². The Hall–Kier alpha value is -1.95. The second-order valence-corrected chi connectivity index (χ2v) is 7.03. The second-order valence-electron chi connectivity index (χ2n) is 7.03. The van der Waals surface area contributed by atoms with Gasteiger partial charge in [-0.25, -0.2) is 4.98 Å². The van der Waals surface area contributed by atoms with Crippen LogP contribution in [0, 0.1) is 0 Å². The van der Waals surface area contributed by atoms with Crippen LogP contribution in [-0.4, -0.2) is 47.4 Å². The highest BCUT2D eigenvalue weighted by Crippen LogP contribution is 2.42. The third-order valence-electron chi connectivity index (χ3n) is 5.39. The molecule has 1 aromatic carbocycles. The van der Waals surface area contributed by atoms with Crippen LogP contribution < -0.4 is 4.74 Å². The molecule has 5 heteroatoms. The third kappa shape index (κ3) is 3.27. The molecule has 2 aromatic rings. The lowest BCUT2D eigenvalue weighted by atomic mass is 9.77. The first kappa shape index (κ1) is 16.5. The zero-order chi connectivity index (χ0) is 17.3. The van der Waals surface area contributed by atoms with Gasteiger partial charge in [0.1, 0.15) is 0 Å². The molecule has 1 aromatic heterocycles. The Morgan fingerprint density at radius 2 is 1.92 bits per heavy atom. The Bertz CT molecular complexity index is 708. The minimum Gasteiger partial charge on any atom is -0.481 e. The van der Waals surface area contributed by atoms with E-state index >= 15 is 0 Å². The Morgan fingerprint density at radius 1 is 1.20 bits per heavy atom. The van der Waals surface area contributed by atoms with Gasteiger partial charge >= 0.3 is 0 Å². The summed E-state index contributed by atoms with van der Waals surface area (Å²) in [5.41, 5.74) is 1.33. The fourth-order valence-electron chi connectivity index (χ4n) is 4.14. The molecule has 0 spiro atoms. The molecule has 2 unspecified atom stereocenters. The summed E-state index contributed by atoms with van der Waals surface area (Å²) < 4.78 is 11.0. The number of morpholine rings is 1. The molecule has 0 saturated carbocycles. The van der Waals surface area contributed by atoms with Gasteiger partial charge in [-0.1, -0.05) is 30.3 Å². The number of pyridine rings is 1. The first-order valence-corrected chi connectivity index (χ1v) is 8.78. The summed E-state index contributed by atoms with van der Waals surface area (Å²) >= 11 is 0. The Morgan fingerprint density at radius 3 is 2.60 bits per heavy atom. The average molecular weight is 340 g/mol. The fraction of sp³-hybridized carbons (Fsp3) is 0.450. The molecule has 2 bridgehead atoms. The van der Waals surface area contributed by atoms with Crippen molar-refractivity contribution in [3.63, 3.8) is 0 Å². The van der Waals surface area contributed by atoms with Crippen molar-refractivity contribution in [2.45, 2.75) is 37.1 Å². The fourth-order valence-corrected chi connectivity index (χ4v) is 4.14. The number of aromatic nitrogens is 1. The minimum absolute atomic E-state index is 0.205. The number of piperidine rings is 1. The van der Waals surface area contributed by atoms with Crippen LogP contribution in [0.4, 0.5) is 0 Å². The van der Waals surface area contributed by atoms with Crippen LogP contribution in [0.5, 0.6) is 5.88 Å². The van der Waals surface area contributed by atoms with E-state index in [9.17, 15) is 5.11 Å². The van der Waals surface area contributed by atoms with Gasteiger partial charge < -0.3 is 14.6 Å². The van der Waals surface area contributed by atoms with E-state index in [1.165, 1.54) is 5.56 Å². The van der Waals surface area contributed by atoms with Crippen molar-refractivity contribution in [3.8, 4) is 5.88 Å². The van der Waals surface area contributed by atoms with Crippen molar-refractivity contribution in [3.05, 3.63) is 59.8 Å². The monoisotopic (exact) mass is 340 g/mol. The largest absolute Gasteiger partial charge is 0.481 e. The van der Waals surface area contributed by atoms with Crippen LogP contribution in [-0.2, 0) is 16.9 Å². The van der Waals surface area contributed by atoms with Crippen LogP contribution in [0.15, 0.2) is 48.7 Å². The molecule has 25 heavy (non-hydrogen) atoms. The van der Waals surface area contributed by atoms with Gasteiger partial charge in [0.15, 0.2) is 0 Å². The molecule has 132 valence electrons. The normalized spacial score (nSPS) is 29.4. The lowest BCUT2D eigenvalue weighted by molar-refractivity contribution is -0.149. The summed E-state index contributed by atoms with van der Waals surface area (Å²) in [5, 5.41) is 11.4. The van der Waals surface area contributed by atoms with Crippen LogP contribution in [0.3, 0.4) is 0 Å². The number of methoxy groups -OCH3 is 1. The summed E-state index contributed by atoms with van der Waals surface area (Å²) in [6.07, 6.45) is 3.02. The zero-order valence-corrected chi connectivity index (χ0v) is 14.5. The summed E-state index contributed by atoms with van der Waals surface area (Å²) in [7, 11) is 1.60. The van der Waals surface area contributed by atoms with E-state index in [-0.39, 0.29) is 12.1 Å². The summed E-state index contributed by atoms with van der Waals surface area (Å²) in [6, 6.07) is 14.7. The van der Waals surface area contributed by atoms with Gasteiger partial charge in [0.25, 0.3) is 0 Å². The molecule has 5 nitrogen and oxygen atoms in total. The molecule has 2 saturated heterocycles. The number of rotatable bonds is 4. The highest BCUT2D eigenvalue weighted by Gasteiger charge is 2.47. The van der Waals surface area contributed by atoms with E-state index in [1.807, 2.05) is 18.2 Å². The molecule has 0 amide bonds. The van der Waals surface area contributed by atoms with Gasteiger partial charge in [-0.2, -0.15) is 0 Å². The van der Waals surface area contributed by atoms with Crippen LogP contribution in [0.1, 0.15) is 24.0 Å². The van der Waals surface area contributed by atoms with Crippen molar-refractivity contribution < 1.29 is 14.6 Å². The minimum atomic E-state index is -0.859. The van der Waals surface area contributed by atoms with E-state index in [1.54, 1.807) is 13.3 Å². The number of aliphatic hydroxyl groups is 1. The topological polar surface area (TPSA) is 54.8 Å². The quantitative estimate of drug-likeness (QED) is 0.926. The molecule has 2 atom stereocenters. The molecule has 0 radical (unpaired) electrons. The van der Waals surface area contributed by atoms with E-state index in [0.717, 1.165) is 12.1 Å². The number of nitrogens with zero attached hydrogens (tertiary/aromatic N) is 2. The summed E-state index contributed by atoms with van der Waals surface area (Å²) in [4.78, 5) is 6.65. The zero-order valence-electron chi connectivity index (χ0n) is 14.5. The van der Waals surface area contributed by atoms with E-state index < -0.39 is 5.60 Å². The predicted octanol–water partition coefficient (Wildman–Crippen LogP) is 2.34. The van der Waals surface area contributed by atoms with Gasteiger partial charge in [-0.05, 0) is 30.0 Å². The number of hydrogen-bond donors (Lipinski definition) is 1. The molecule has 1 N–H and O–H groups in total. The lowest BCUT2D eigenvalue weighted by Crippen LogP contribution is -2.60. The second kappa shape index (κ2) is 6.75.